The molecule has 0 aromatic rings. The van der Waals surface area contributed by atoms with E-state index in [9.17, 15) is 9.18 Å². The van der Waals surface area contributed by atoms with Crippen LogP contribution in [0.15, 0.2) is 0 Å². The molecular weight excluding hydrogens is 183 g/mol. The molecule has 2 unspecified atom stereocenters. The maximum Gasteiger partial charge on any atom is 0.257 e. The molecule has 2 heterocycles. The molecule has 2 aliphatic rings. The van der Waals surface area contributed by atoms with E-state index in [1.54, 1.807) is 4.90 Å². The first kappa shape index (κ1) is 9.90. The minimum absolute atomic E-state index is 0.231. The minimum atomic E-state index is -1.24. The van der Waals surface area contributed by atoms with Crippen molar-refractivity contribution in [3.8, 4) is 0 Å². The summed E-state index contributed by atoms with van der Waals surface area (Å²) in [4.78, 5) is 13.3. The van der Waals surface area contributed by atoms with Crippen molar-refractivity contribution in [3.63, 3.8) is 0 Å². The second-order valence-corrected chi connectivity index (χ2v) is 4.14. The molecule has 0 aromatic carbocycles. The average Bonchev–Trinajstić information content (AvgIpc) is 2.23. The number of halogens is 1. The molecule has 1 amide bonds. The van der Waals surface area contributed by atoms with Crippen molar-refractivity contribution in [2.45, 2.75) is 37.9 Å². The first-order valence-electron chi connectivity index (χ1n) is 5.44. The summed E-state index contributed by atoms with van der Waals surface area (Å²) in [5.41, 5.74) is 0. The Bertz CT molecular complexity index is 216. The zero-order chi connectivity index (χ0) is 9.97. The molecule has 1 N–H and O–H groups in total. The van der Waals surface area contributed by atoms with Crippen LogP contribution in [-0.4, -0.2) is 42.7 Å². The third-order valence-corrected chi connectivity index (χ3v) is 3.12. The Morgan fingerprint density at radius 3 is 2.93 bits per heavy atom. The smallest absolute Gasteiger partial charge is 0.257 e. The van der Waals surface area contributed by atoms with Gasteiger partial charge in [0.15, 0.2) is 6.17 Å². The summed E-state index contributed by atoms with van der Waals surface area (Å²) >= 11 is 0. The van der Waals surface area contributed by atoms with Gasteiger partial charge < -0.3 is 10.2 Å². The minimum Gasteiger partial charge on any atom is -0.336 e. The van der Waals surface area contributed by atoms with Crippen molar-refractivity contribution in [3.05, 3.63) is 0 Å². The van der Waals surface area contributed by atoms with Crippen molar-refractivity contribution in [2.24, 2.45) is 0 Å². The first-order valence-corrected chi connectivity index (χ1v) is 5.44. The lowest BCUT2D eigenvalue weighted by molar-refractivity contribution is -0.142. The van der Waals surface area contributed by atoms with Crippen LogP contribution in [0.5, 0.6) is 0 Å². The summed E-state index contributed by atoms with van der Waals surface area (Å²) in [6, 6.07) is 0.231. The molecule has 0 saturated carbocycles. The third-order valence-electron chi connectivity index (χ3n) is 3.12. The Hall–Kier alpha value is -0.640. The molecule has 0 radical (unpaired) electrons. The van der Waals surface area contributed by atoms with Crippen LogP contribution < -0.4 is 5.32 Å². The number of carbonyl (C=O) groups excluding carboxylic acids is 1. The molecule has 3 nitrogen and oxygen atoms in total. The highest BCUT2D eigenvalue weighted by Gasteiger charge is 2.33. The van der Waals surface area contributed by atoms with Crippen LogP contribution in [0.1, 0.15) is 25.7 Å². The molecule has 0 aromatic heterocycles. The van der Waals surface area contributed by atoms with Crippen molar-refractivity contribution in [2.75, 3.05) is 19.6 Å². The quantitative estimate of drug-likeness (QED) is 0.675. The molecule has 0 aliphatic carbocycles. The van der Waals surface area contributed by atoms with Gasteiger partial charge in [0.1, 0.15) is 0 Å². The molecular formula is C10H17FN2O. The van der Waals surface area contributed by atoms with Crippen LogP contribution >= 0.6 is 0 Å². The van der Waals surface area contributed by atoms with Gasteiger partial charge in [0.25, 0.3) is 5.91 Å². The lowest BCUT2D eigenvalue weighted by Gasteiger charge is -2.38. The molecule has 2 aliphatic heterocycles. The zero-order valence-electron chi connectivity index (χ0n) is 8.34. The maximum atomic E-state index is 13.2. The van der Waals surface area contributed by atoms with Crippen molar-refractivity contribution >= 4 is 5.91 Å². The number of alkyl halides is 1. The third kappa shape index (κ3) is 1.90. The fraction of sp³-hybridized carbons (Fsp3) is 0.900. The lowest BCUT2D eigenvalue weighted by atomic mass is 10.0. The number of amides is 1. The molecule has 2 saturated heterocycles. The van der Waals surface area contributed by atoms with Crippen LogP contribution in [0.25, 0.3) is 0 Å². The van der Waals surface area contributed by atoms with E-state index in [0.717, 1.165) is 38.9 Å². The fourth-order valence-corrected chi connectivity index (χ4v) is 2.32. The number of piperidine rings is 2. The van der Waals surface area contributed by atoms with E-state index in [2.05, 4.69) is 5.32 Å². The largest absolute Gasteiger partial charge is 0.336 e. The topological polar surface area (TPSA) is 32.3 Å². The van der Waals surface area contributed by atoms with Crippen LogP contribution in [0.4, 0.5) is 4.39 Å². The Balaban J connectivity index is 1.97. The molecule has 0 bridgehead atoms. The van der Waals surface area contributed by atoms with Crippen molar-refractivity contribution in [1.82, 2.24) is 10.2 Å². The highest BCUT2D eigenvalue weighted by atomic mass is 19.1. The molecule has 2 atom stereocenters. The van der Waals surface area contributed by atoms with E-state index in [1.807, 2.05) is 0 Å². The van der Waals surface area contributed by atoms with Gasteiger partial charge in [-0.25, -0.2) is 4.39 Å². The molecule has 2 rings (SSSR count). The van der Waals surface area contributed by atoms with Crippen LogP contribution in [0.2, 0.25) is 0 Å². The summed E-state index contributed by atoms with van der Waals surface area (Å²) in [6.07, 6.45) is 2.08. The number of nitrogens with zero attached hydrogens (tertiary/aromatic N) is 1. The predicted molar refractivity (Wildman–Crippen MR) is 51.7 cm³/mol. The Labute approximate surface area is 83.6 Å². The molecule has 14 heavy (non-hydrogen) atoms. The Morgan fingerprint density at radius 1 is 1.36 bits per heavy atom. The fourth-order valence-electron chi connectivity index (χ4n) is 2.32. The van der Waals surface area contributed by atoms with E-state index >= 15 is 0 Å². The van der Waals surface area contributed by atoms with Gasteiger partial charge in [-0.2, -0.15) is 0 Å². The zero-order valence-corrected chi connectivity index (χ0v) is 8.34. The molecule has 80 valence electrons. The standard InChI is InChI=1S/C10H17FN2O/c11-9-4-2-6-13(10(9)14)8-3-1-5-12-7-8/h8-9,12H,1-7H2. The number of hydrogen-bond donors (Lipinski definition) is 1. The highest BCUT2D eigenvalue weighted by Crippen LogP contribution is 2.20. The van der Waals surface area contributed by atoms with Gasteiger partial charge in [-0.05, 0) is 32.2 Å². The molecule has 2 fully saturated rings. The number of rotatable bonds is 1. The maximum absolute atomic E-state index is 13.2. The summed E-state index contributed by atoms with van der Waals surface area (Å²) < 4.78 is 13.2. The second-order valence-electron chi connectivity index (χ2n) is 4.14. The van der Waals surface area contributed by atoms with E-state index in [0.29, 0.717) is 6.42 Å². The summed E-state index contributed by atoms with van der Waals surface area (Å²) in [5.74, 6) is -0.287. The summed E-state index contributed by atoms with van der Waals surface area (Å²) in [5, 5.41) is 3.25. The van der Waals surface area contributed by atoms with Crippen LogP contribution in [-0.2, 0) is 4.79 Å². The SMILES string of the molecule is O=C1C(F)CCCN1C1CCCNC1. The van der Waals surface area contributed by atoms with Gasteiger partial charge in [-0.3, -0.25) is 4.79 Å². The second kappa shape index (κ2) is 4.26. The molecule has 0 spiro atoms. The van der Waals surface area contributed by atoms with Crippen molar-refractivity contribution in [1.29, 1.82) is 0 Å². The van der Waals surface area contributed by atoms with Crippen LogP contribution in [0, 0.1) is 0 Å². The molecule has 4 heteroatoms. The predicted octanol–water partition coefficient (Wildman–Crippen LogP) is 0.699. The first-order chi connectivity index (χ1) is 6.79. The van der Waals surface area contributed by atoms with Gasteiger partial charge in [0.2, 0.25) is 0 Å². The summed E-state index contributed by atoms with van der Waals surface area (Å²) in [6.45, 7) is 2.60. The lowest BCUT2D eigenvalue weighted by Crippen LogP contribution is -2.53. The normalized spacial score (nSPS) is 34.6. The number of nitrogens with one attached hydrogen (secondary N) is 1. The van der Waals surface area contributed by atoms with Crippen molar-refractivity contribution < 1.29 is 9.18 Å². The summed E-state index contributed by atoms with van der Waals surface area (Å²) in [7, 11) is 0. The Morgan fingerprint density at radius 2 is 2.21 bits per heavy atom. The van der Waals surface area contributed by atoms with Gasteiger partial charge in [0, 0.05) is 19.1 Å². The monoisotopic (exact) mass is 200 g/mol. The van der Waals surface area contributed by atoms with Gasteiger partial charge in [-0.1, -0.05) is 0 Å². The van der Waals surface area contributed by atoms with E-state index in [-0.39, 0.29) is 11.9 Å². The van der Waals surface area contributed by atoms with E-state index in [1.165, 1.54) is 0 Å². The van der Waals surface area contributed by atoms with Gasteiger partial charge >= 0.3 is 0 Å². The Kier molecular flexibility index (Phi) is 3.01. The van der Waals surface area contributed by atoms with Gasteiger partial charge in [-0.15, -0.1) is 0 Å². The van der Waals surface area contributed by atoms with E-state index in [4.69, 9.17) is 0 Å². The number of carbonyl (C=O) groups is 1. The van der Waals surface area contributed by atoms with Crippen LogP contribution in [0.3, 0.4) is 0 Å². The average molecular weight is 200 g/mol. The number of likely N-dealkylation sites (tertiary alicyclic amines) is 1. The van der Waals surface area contributed by atoms with E-state index < -0.39 is 6.17 Å². The van der Waals surface area contributed by atoms with Gasteiger partial charge in [0.05, 0.1) is 0 Å². The highest BCUT2D eigenvalue weighted by molar-refractivity contribution is 5.81. The number of hydrogen-bond acceptors (Lipinski definition) is 2.